The van der Waals surface area contributed by atoms with E-state index in [9.17, 15) is 9.59 Å². The van der Waals surface area contributed by atoms with E-state index in [-0.39, 0.29) is 29.6 Å². The Morgan fingerprint density at radius 3 is 2.36 bits per heavy atom. The summed E-state index contributed by atoms with van der Waals surface area (Å²) in [5.74, 6) is -1.54. The van der Waals surface area contributed by atoms with Crippen molar-refractivity contribution in [1.82, 2.24) is 5.32 Å². The van der Waals surface area contributed by atoms with Gasteiger partial charge >= 0.3 is 35.5 Å². The third-order valence-electron chi connectivity index (χ3n) is 0.915. The molecule has 0 aromatic carbocycles. The number of hydrogen-bond donors (Lipinski definition) is 2. The molecule has 0 rings (SSSR count). The fraction of sp³-hybridized carbons (Fsp3) is 0.333. The molecule has 0 aromatic heterocycles. The summed E-state index contributed by atoms with van der Waals surface area (Å²) >= 11 is 0. The van der Waals surface area contributed by atoms with Crippen molar-refractivity contribution in [2.75, 3.05) is 0 Å². The van der Waals surface area contributed by atoms with Crippen molar-refractivity contribution < 1.29 is 14.7 Å². The van der Waals surface area contributed by atoms with Gasteiger partial charge in [-0.2, -0.15) is 0 Å². The van der Waals surface area contributed by atoms with Crippen LogP contribution in [0.25, 0.3) is 0 Å². The summed E-state index contributed by atoms with van der Waals surface area (Å²) in [5, 5.41) is 10.4. The van der Waals surface area contributed by atoms with Gasteiger partial charge in [0.1, 0.15) is 6.04 Å². The Morgan fingerprint density at radius 1 is 1.64 bits per heavy atom. The summed E-state index contributed by atoms with van der Waals surface area (Å²) in [6, 6.07) is -0.856. The average molecular weight is 167 g/mol. The monoisotopic (exact) mass is 167 g/mol. The van der Waals surface area contributed by atoms with Crippen LogP contribution in [0.4, 0.5) is 0 Å². The number of carboxylic acid groups (broad SMARTS) is 1. The van der Waals surface area contributed by atoms with Crippen LogP contribution in [0.15, 0.2) is 12.7 Å². The quantitative estimate of drug-likeness (QED) is 0.423. The van der Waals surface area contributed by atoms with Gasteiger partial charge in [-0.3, -0.25) is 9.59 Å². The van der Waals surface area contributed by atoms with E-state index < -0.39 is 17.9 Å². The molecule has 0 aromatic rings. The van der Waals surface area contributed by atoms with E-state index in [4.69, 9.17) is 5.11 Å². The molecule has 5 heteroatoms. The predicted molar refractivity (Wildman–Crippen MR) is 42.6 cm³/mol. The normalized spacial score (nSPS) is 10.6. The van der Waals surface area contributed by atoms with Crippen LogP contribution in [-0.2, 0) is 9.59 Å². The zero-order valence-electron chi connectivity index (χ0n) is 5.63. The first-order chi connectivity index (χ1) is 4.57. The van der Waals surface area contributed by atoms with Gasteiger partial charge in [0.15, 0.2) is 0 Å². The summed E-state index contributed by atoms with van der Waals surface area (Å²) in [6.07, 6.45) is 1.03. The molecular formula is C6H10NNaO3. The van der Waals surface area contributed by atoms with Crippen LogP contribution in [-0.4, -0.2) is 52.6 Å². The zero-order chi connectivity index (χ0) is 8.15. The van der Waals surface area contributed by atoms with E-state index in [2.05, 4.69) is 11.9 Å². The Hall–Kier alpha value is -0.320. The molecule has 0 fully saturated rings. The van der Waals surface area contributed by atoms with Gasteiger partial charge in [-0.15, -0.1) is 0 Å². The van der Waals surface area contributed by atoms with Gasteiger partial charge in [-0.25, -0.2) is 0 Å². The Morgan fingerprint density at radius 2 is 2.09 bits per heavy atom. The Labute approximate surface area is 87.0 Å². The zero-order valence-corrected chi connectivity index (χ0v) is 5.63. The maximum atomic E-state index is 10.4. The van der Waals surface area contributed by atoms with Gasteiger partial charge in [0.05, 0.1) is 0 Å². The molecule has 0 aliphatic heterocycles. The number of carbonyl (C=O) groups excluding carboxylic acids is 1. The molecule has 11 heavy (non-hydrogen) atoms. The van der Waals surface area contributed by atoms with Crippen molar-refractivity contribution in [3.8, 4) is 0 Å². The second-order valence-corrected chi connectivity index (χ2v) is 1.77. The van der Waals surface area contributed by atoms with E-state index in [0.29, 0.717) is 0 Å². The maximum absolute atomic E-state index is 10.4. The van der Waals surface area contributed by atoms with Gasteiger partial charge in [0.2, 0.25) is 5.91 Å². The number of nitrogens with one attached hydrogen (secondary N) is 1. The van der Waals surface area contributed by atoms with Crippen LogP contribution >= 0.6 is 0 Å². The van der Waals surface area contributed by atoms with Gasteiger partial charge < -0.3 is 10.4 Å². The van der Waals surface area contributed by atoms with E-state index >= 15 is 0 Å². The van der Waals surface area contributed by atoms with Gasteiger partial charge in [0, 0.05) is 0 Å². The molecule has 2 N–H and O–H groups in total. The molecule has 58 valence electrons. The van der Waals surface area contributed by atoms with Crippen molar-refractivity contribution in [3.63, 3.8) is 0 Å². The molecule has 4 nitrogen and oxygen atoms in total. The van der Waals surface area contributed by atoms with Gasteiger partial charge in [-0.05, 0) is 13.0 Å². The number of carbonyl (C=O) groups is 2. The molecule has 0 radical (unpaired) electrons. The van der Waals surface area contributed by atoms with E-state index in [0.717, 1.165) is 6.08 Å². The molecule has 1 amide bonds. The molecule has 0 aliphatic rings. The number of rotatable bonds is 3. The van der Waals surface area contributed by atoms with Crippen LogP contribution in [0.3, 0.4) is 0 Å². The minimum atomic E-state index is -1.06. The number of hydrogen-bond acceptors (Lipinski definition) is 2. The Balaban J connectivity index is 0. The van der Waals surface area contributed by atoms with Crippen molar-refractivity contribution in [1.29, 1.82) is 0 Å². The van der Waals surface area contributed by atoms with Crippen LogP contribution in [0.5, 0.6) is 0 Å². The molecular weight excluding hydrogens is 157 g/mol. The van der Waals surface area contributed by atoms with E-state index in [1.807, 2.05) is 0 Å². The minimum absolute atomic E-state index is 0. The van der Waals surface area contributed by atoms with E-state index in [1.54, 1.807) is 0 Å². The van der Waals surface area contributed by atoms with Crippen molar-refractivity contribution in [2.24, 2.45) is 0 Å². The molecule has 0 saturated carbocycles. The fourth-order valence-electron chi connectivity index (χ4n) is 0.334. The number of amides is 1. The molecule has 0 aliphatic carbocycles. The van der Waals surface area contributed by atoms with Crippen LogP contribution in [0.1, 0.15) is 6.92 Å². The fourth-order valence-corrected chi connectivity index (χ4v) is 0.334. The summed E-state index contributed by atoms with van der Waals surface area (Å²) in [7, 11) is 0. The van der Waals surface area contributed by atoms with Crippen molar-refractivity contribution in [2.45, 2.75) is 13.0 Å². The third kappa shape index (κ3) is 6.09. The first-order valence-corrected chi connectivity index (χ1v) is 2.73. The molecule has 0 bridgehead atoms. The predicted octanol–water partition coefficient (Wildman–Crippen LogP) is -0.887. The number of aliphatic carboxylic acids is 1. The second-order valence-electron chi connectivity index (χ2n) is 1.77. The third-order valence-corrected chi connectivity index (χ3v) is 0.915. The average Bonchev–Trinajstić information content (AvgIpc) is 1.87. The van der Waals surface area contributed by atoms with Crippen LogP contribution in [0.2, 0.25) is 0 Å². The topological polar surface area (TPSA) is 66.4 Å². The van der Waals surface area contributed by atoms with Gasteiger partial charge in [0.25, 0.3) is 0 Å². The molecule has 0 spiro atoms. The SMILES string of the molecule is C=CC(=O)NC(C)C(=O)O.[NaH]. The number of carboxylic acids is 1. The molecule has 1 atom stereocenters. The summed E-state index contributed by atoms with van der Waals surface area (Å²) < 4.78 is 0. The first kappa shape index (κ1) is 13.3. The summed E-state index contributed by atoms with van der Waals surface area (Å²) in [5.41, 5.74) is 0. The standard InChI is InChI=1S/C6H9NO3.Na.H/c1-3-5(8)7-4(2)6(9)10;;/h3-4H,1H2,2H3,(H,7,8)(H,9,10);;. The van der Waals surface area contributed by atoms with Crippen molar-refractivity contribution >= 4 is 41.4 Å². The second kappa shape index (κ2) is 6.39. The summed E-state index contributed by atoms with van der Waals surface area (Å²) in [6.45, 7) is 4.55. The van der Waals surface area contributed by atoms with E-state index in [1.165, 1.54) is 6.92 Å². The van der Waals surface area contributed by atoms with Crippen molar-refractivity contribution in [3.05, 3.63) is 12.7 Å². The Bertz CT molecular complexity index is 169. The molecule has 1 unspecified atom stereocenters. The molecule has 0 heterocycles. The van der Waals surface area contributed by atoms with Crippen LogP contribution < -0.4 is 5.32 Å². The van der Waals surface area contributed by atoms with Crippen LogP contribution in [0, 0.1) is 0 Å². The summed E-state index contributed by atoms with van der Waals surface area (Å²) in [4.78, 5) is 20.5. The Kier molecular flexibility index (Phi) is 7.72. The first-order valence-electron chi connectivity index (χ1n) is 2.73. The van der Waals surface area contributed by atoms with Gasteiger partial charge in [-0.1, -0.05) is 6.58 Å². The molecule has 0 saturated heterocycles.